The van der Waals surface area contributed by atoms with Gasteiger partial charge in [0.05, 0.1) is 18.0 Å². The Morgan fingerprint density at radius 3 is 1.76 bits per heavy atom. The van der Waals surface area contributed by atoms with E-state index >= 15 is 0 Å². The van der Waals surface area contributed by atoms with Crippen LogP contribution >= 0.6 is 11.6 Å². The zero-order valence-electron chi connectivity index (χ0n) is 33.2. The van der Waals surface area contributed by atoms with E-state index in [4.69, 9.17) is 32.5 Å². The number of rotatable bonds is 20. The molecule has 0 unspecified atom stereocenters. The van der Waals surface area contributed by atoms with Gasteiger partial charge in [0.1, 0.15) is 12.3 Å². The lowest BCUT2D eigenvalue weighted by Gasteiger charge is -2.18. The molecular formula is C42H48ClF4N9O6. The molecule has 4 rings (SSSR count). The van der Waals surface area contributed by atoms with E-state index in [2.05, 4.69) is 42.6 Å². The molecule has 0 spiro atoms. The molecule has 3 N–H and O–H groups in total. The number of ether oxygens (including phenoxy) is 1. The summed E-state index contributed by atoms with van der Waals surface area (Å²) in [6, 6.07) is 13.7. The molecule has 0 saturated heterocycles. The molecule has 0 aliphatic rings. The molecule has 0 aliphatic heterocycles. The van der Waals surface area contributed by atoms with Crippen LogP contribution in [0.2, 0.25) is 0 Å². The molecule has 4 aromatic rings. The van der Waals surface area contributed by atoms with Gasteiger partial charge in [-0.15, -0.1) is 11.6 Å². The highest BCUT2D eigenvalue weighted by atomic mass is 35.5. The van der Waals surface area contributed by atoms with Crippen LogP contribution in [0.3, 0.4) is 0 Å². The van der Waals surface area contributed by atoms with E-state index in [1.807, 2.05) is 6.92 Å². The Kier molecular flexibility index (Phi) is 25.4. The van der Waals surface area contributed by atoms with Crippen molar-refractivity contribution in [1.82, 2.24) is 15.6 Å². The number of carbonyl (C=O) groups is 4. The smallest absolute Gasteiger partial charge is 0.270 e. The topological polar surface area (TPSA) is 232 Å². The number of phenols is 1. The molecule has 1 aromatic heterocycles. The van der Waals surface area contributed by atoms with Crippen LogP contribution in [0.15, 0.2) is 89.2 Å². The number of ketones is 2. The maximum absolute atomic E-state index is 13.7. The number of nitrogens with zero attached hydrogens (tertiary/aromatic N) is 7. The summed E-state index contributed by atoms with van der Waals surface area (Å²) in [5.41, 5.74) is 17.8. The number of pyridine rings is 1. The molecule has 20 heteroatoms. The van der Waals surface area contributed by atoms with Crippen molar-refractivity contribution in [3.8, 4) is 11.5 Å². The van der Waals surface area contributed by atoms with Gasteiger partial charge in [0.15, 0.2) is 46.3 Å². The molecule has 3 aromatic carbocycles. The molecular weight excluding hydrogens is 838 g/mol. The number of halogens is 5. The minimum Gasteiger partial charge on any atom is -0.503 e. The van der Waals surface area contributed by atoms with Crippen molar-refractivity contribution >= 4 is 46.4 Å². The summed E-state index contributed by atoms with van der Waals surface area (Å²) in [4.78, 5) is 58.4. The van der Waals surface area contributed by atoms with Crippen molar-refractivity contribution in [2.24, 2.45) is 10.2 Å². The minimum absolute atomic E-state index is 0. The maximum atomic E-state index is 13.7. The SMILES string of the molecule is C.CCCCC[C@H](NC(=O)c1cc(N=[N+]=[N-])ccn1)C(=O)CCl.CCCCC[C@H](NC(=O)c1cccc(N=[N+]=[N-])c1)C(=O)COc1c(F)cccc1F.Oc1c(F)cccc1F. The molecule has 0 aliphatic carbocycles. The van der Waals surface area contributed by atoms with Gasteiger partial charge in [-0.2, -0.15) is 0 Å². The first kappa shape index (κ1) is 53.3. The number of nitrogens with one attached hydrogen (secondary N) is 2. The normalized spacial score (nSPS) is 10.9. The fraction of sp³-hybridized carbons (Fsp3) is 0.357. The summed E-state index contributed by atoms with van der Waals surface area (Å²) in [5.74, 6) is -7.15. The summed E-state index contributed by atoms with van der Waals surface area (Å²) in [6.45, 7) is 3.47. The molecule has 1 heterocycles. The predicted octanol–water partition coefficient (Wildman–Crippen LogP) is 11.0. The number of unbranched alkanes of at least 4 members (excludes halogenated alkanes) is 4. The Bertz CT molecular complexity index is 2150. The summed E-state index contributed by atoms with van der Waals surface area (Å²) < 4.78 is 56.6. The number of carbonyl (C=O) groups excluding carboxylic acids is 4. The Labute approximate surface area is 361 Å². The minimum atomic E-state index is -0.935. The van der Waals surface area contributed by atoms with Crippen LogP contribution in [-0.4, -0.2) is 58.0 Å². The van der Waals surface area contributed by atoms with E-state index in [-0.39, 0.29) is 41.7 Å². The molecule has 15 nitrogen and oxygen atoms in total. The Balaban J connectivity index is 0.000000523. The lowest BCUT2D eigenvalue weighted by molar-refractivity contribution is -0.123. The molecule has 0 bridgehead atoms. The number of Topliss-reactive ketones (excluding diaryl/α,β-unsaturated/α-hetero) is 2. The van der Waals surface area contributed by atoms with Crippen LogP contribution in [0.1, 0.15) is 93.5 Å². The number of aromatic nitrogens is 1. The Morgan fingerprint density at radius 1 is 0.742 bits per heavy atom. The fourth-order valence-corrected chi connectivity index (χ4v) is 5.35. The van der Waals surface area contributed by atoms with E-state index < -0.39 is 71.1 Å². The first-order chi connectivity index (χ1) is 29.3. The van der Waals surface area contributed by atoms with Crippen LogP contribution in [0.4, 0.5) is 28.9 Å². The number of benzene rings is 3. The standard InChI is InChI=1S/C21H22F2N4O3.C14H18ClN5O2.C6H4F2O.CH4/c1-2-3-4-11-18(19(28)13-30-20-16(22)9-6-10-17(20)23)25-21(29)14-7-5-8-15(12-14)26-27-24;1-2-3-4-5-11(13(21)9-15)18-14(22)12-8-10(19-20-16)6-7-17-12;7-4-2-1-3-5(8)6(4)9;/h5-10,12,18H,2-4,11,13H2,1H3,(H,25,29);6-8,11H,2-5,9H2,1H3,(H,18,22);1-3,9H;1H4/t18-;11-;;/m00../s1. The van der Waals surface area contributed by atoms with Crippen LogP contribution in [-0.2, 0) is 9.59 Å². The second-order valence-electron chi connectivity index (χ2n) is 12.8. The molecule has 0 fully saturated rings. The van der Waals surface area contributed by atoms with E-state index in [9.17, 15) is 36.7 Å². The van der Waals surface area contributed by atoms with Gasteiger partial charge in [0.25, 0.3) is 11.8 Å². The van der Waals surface area contributed by atoms with Crippen LogP contribution in [0.5, 0.6) is 11.5 Å². The molecule has 0 radical (unpaired) electrons. The van der Waals surface area contributed by atoms with Crippen molar-refractivity contribution in [1.29, 1.82) is 0 Å². The quantitative estimate of drug-likeness (QED) is 0.0194. The van der Waals surface area contributed by atoms with Crippen molar-refractivity contribution in [2.75, 3.05) is 12.5 Å². The highest BCUT2D eigenvalue weighted by Gasteiger charge is 2.24. The van der Waals surface area contributed by atoms with Crippen LogP contribution in [0, 0.1) is 23.3 Å². The molecule has 2 atom stereocenters. The van der Waals surface area contributed by atoms with Crippen LogP contribution in [0.25, 0.3) is 20.9 Å². The van der Waals surface area contributed by atoms with Crippen molar-refractivity contribution in [3.63, 3.8) is 0 Å². The van der Waals surface area contributed by atoms with Crippen molar-refractivity contribution < 1.29 is 46.6 Å². The Hall–Kier alpha value is -6.68. The zero-order chi connectivity index (χ0) is 45.2. The molecule has 0 saturated carbocycles. The highest BCUT2D eigenvalue weighted by Crippen LogP contribution is 2.22. The van der Waals surface area contributed by atoms with Gasteiger partial charge in [0, 0.05) is 33.0 Å². The number of alkyl halides is 1. The summed E-state index contributed by atoms with van der Waals surface area (Å²) >= 11 is 5.58. The lowest BCUT2D eigenvalue weighted by Crippen LogP contribution is -2.43. The van der Waals surface area contributed by atoms with Gasteiger partial charge in [-0.1, -0.05) is 94.3 Å². The third kappa shape index (κ3) is 18.7. The fourth-order valence-electron chi connectivity index (χ4n) is 5.16. The number of phenolic OH excluding ortho intramolecular Hbond substituents is 1. The maximum Gasteiger partial charge on any atom is 0.270 e. The van der Waals surface area contributed by atoms with E-state index in [0.29, 0.717) is 19.3 Å². The molecule has 2 amide bonds. The van der Waals surface area contributed by atoms with Gasteiger partial charge < -0.3 is 20.5 Å². The van der Waals surface area contributed by atoms with Gasteiger partial charge in [0.2, 0.25) is 0 Å². The lowest BCUT2D eigenvalue weighted by atomic mass is 10.0. The van der Waals surface area contributed by atoms with E-state index in [1.165, 1.54) is 48.7 Å². The Morgan fingerprint density at radius 2 is 1.24 bits per heavy atom. The monoisotopic (exact) mass is 885 g/mol. The van der Waals surface area contributed by atoms with E-state index in [1.54, 1.807) is 6.07 Å². The number of hydrogen-bond donors (Lipinski definition) is 3. The number of para-hydroxylation sites is 2. The number of aromatic hydroxyl groups is 1. The third-order valence-corrected chi connectivity index (χ3v) is 8.60. The molecule has 332 valence electrons. The number of amides is 2. The van der Waals surface area contributed by atoms with Gasteiger partial charge in [-0.25, -0.2) is 17.6 Å². The zero-order valence-corrected chi connectivity index (χ0v) is 34.0. The van der Waals surface area contributed by atoms with Gasteiger partial charge >= 0.3 is 0 Å². The average Bonchev–Trinajstić information content (AvgIpc) is 3.25. The third-order valence-electron chi connectivity index (χ3n) is 8.33. The summed E-state index contributed by atoms with van der Waals surface area (Å²) in [7, 11) is 0. The predicted molar refractivity (Wildman–Crippen MR) is 226 cm³/mol. The first-order valence-corrected chi connectivity index (χ1v) is 19.4. The second-order valence-corrected chi connectivity index (χ2v) is 13.1. The summed E-state index contributed by atoms with van der Waals surface area (Å²) in [5, 5.41) is 20.6. The summed E-state index contributed by atoms with van der Waals surface area (Å²) in [6.07, 6.45) is 7.55. The van der Waals surface area contributed by atoms with Crippen molar-refractivity contribution in [2.45, 2.75) is 84.7 Å². The first-order valence-electron chi connectivity index (χ1n) is 18.9. The van der Waals surface area contributed by atoms with Gasteiger partial charge in [-0.3, -0.25) is 24.2 Å². The van der Waals surface area contributed by atoms with E-state index in [0.717, 1.165) is 56.4 Å². The molecule has 62 heavy (non-hydrogen) atoms. The van der Waals surface area contributed by atoms with Crippen molar-refractivity contribution in [3.05, 3.63) is 134 Å². The number of azide groups is 2. The van der Waals surface area contributed by atoms with Crippen LogP contribution < -0.4 is 15.4 Å². The number of hydrogen-bond acceptors (Lipinski definition) is 9. The largest absolute Gasteiger partial charge is 0.503 e. The second kappa shape index (κ2) is 29.5. The highest BCUT2D eigenvalue weighted by molar-refractivity contribution is 6.28. The average molecular weight is 886 g/mol. The van der Waals surface area contributed by atoms with Gasteiger partial charge in [-0.05, 0) is 72.4 Å².